The fourth-order valence-corrected chi connectivity index (χ4v) is 1.86. The molecule has 0 aromatic carbocycles. The van der Waals surface area contributed by atoms with Crippen LogP contribution in [-0.4, -0.2) is 23.0 Å². The van der Waals surface area contributed by atoms with Crippen LogP contribution < -0.4 is 5.43 Å². The first-order chi connectivity index (χ1) is 6.15. The van der Waals surface area contributed by atoms with E-state index in [4.69, 9.17) is 0 Å². The summed E-state index contributed by atoms with van der Waals surface area (Å²) in [4.78, 5) is 11.2. The van der Waals surface area contributed by atoms with Crippen molar-refractivity contribution in [2.45, 2.75) is 58.5 Å². The van der Waals surface area contributed by atoms with E-state index in [0.29, 0.717) is 18.5 Å². The van der Waals surface area contributed by atoms with E-state index in [9.17, 15) is 4.79 Å². The zero-order valence-corrected chi connectivity index (χ0v) is 8.84. The molecule has 2 unspecified atom stereocenters. The number of piperidine rings is 1. The van der Waals surface area contributed by atoms with Crippen LogP contribution in [0.15, 0.2) is 0 Å². The standard InChI is InChI=1S/C10H20N2O/c1-4-10(13)11-12-8(2)6-5-7-9(12)3/h8-9H,4-7H2,1-3H3,(H,11,13). The number of hydrazine groups is 1. The third-order valence-electron chi connectivity index (χ3n) is 2.77. The van der Waals surface area contributed by atoms with Crippen LogP contribution in [-0.2, 0) is 4.79 Å². The second kappa shape index (κ2) is 4.61. The van der Waals surface area contributed by atoms with Gasteiger partial charge in [-0.05, 0) is 26.7 Å². The van der Waals surface area contributed by atoms with Crippen molar-refractivity contribution in [3.63, 3.8) is 0 Å². The molecule has 0 aromatic heterocycles. The summed E-state index contributed by atoms with van der Waals surface area (Å²) in [6.07, 6.45) is 4.22. The number of nitrogens with zero attached hydrogens (tertiary/aromatic N) is 1. The predicted octanol–water partition coefficient (Wildman–Crippen LogP) is 1.69. The molecule has 0 radical (unpaired) electrons. The maximum absolute atomic E-state index is 11.2. The van der Waals surface area contributed by atoms with Gasteiger partial charge in [-0.1, -0.05) is 13.3 Å². The summed E-state index contributed by atoms with van der Waals surface area (Å²) >= 11 is 0. The van der Waals surface area contributed by atoms with Gasteiger partial charge in [0.05, 0.1) is 0 Å². The molecule has 1 rings (SSSR count). The van der Waals surface area contributed by atoms with Crippen molar-refractivity contribution in [2.24, 2.45) is 0 Å². The van der Waals surface area contributed by atoms with Crippen molar-refractivity contribution in [2.75, 3.05) is 0 Å². The van der Waals surface area contributed by atoms with Crippen LogP contribution in [0.3, 0.4) is 0 Å². The monoisotopic (exact) mass is 184 g/mol. The number of carbonyl (C=O) groups excluding carboxylic acids is 1. The quantitative estimate of drug-likeness (QED) is 0.708. The first kappa shape index (κ1) is 10.5. The van der Waals surface area contributed by atoms with Gasteiger partial charge in [0.1, 0.15) is 0 Å². The molecule has 1 heterocycles. The minimum Gasteiger partial charge on any atom is -0.288 e. The molecule has 13 heavy (non-hydrogen) atoms. The molecule has 1 aliphatic rings. The van der Waals surface area contributed by atoms with Gasteiger partial charge in [0.2, 0.25) is 5.91 Å². The molecule has 0 spiro atoms. The maximum atomic E-state index is 11.2. The van der Waals surface area contributed by atoms with Crippen molar-refractivity contribution in [1.82, 2.24) is 10.4 Å². The first-order valence-corrected chi connectivity index (χ1v) is 5.23. The van der Waals surface area contributed by atoms with Crippen molar-refractivity contribution in [1.29, 1.82) is 0 Å². The van der Waals surface area contributed by atoms with Crippen LogP contribution in [0.25, 0.3) is 0 Å². The molecule has 0 aliphatic carbocycles. The van der Waals surface area contributed by atoms with Crippen LogP contribution in [0, 0.1) is 0 Å². The molecule has 1 saturated heterocycles. The Bertz CT molecular complexity index is 172. The molecule has 1 fully saturated rings. The number of nitrogens with one attached hydrogen (secondary N) is 1. The van der Waals surface area contributed by atoms with E-state index in [1.807, 2.05) is 6.92 Å². The minimum atomic E-state index is 0.126. The Morgan fingerprint density at radius 2 is 1.92 bits per heavy atom. The lowest BCUT2D eigenvalue weighted by Crippen LogP contribution is -2.53. The molecule has 0 saturated carbocycles. The Morgan fingerprint density at radius 3 is 2.38 bits per heavy atom. The van der Waals surface area contributed by atoms with Crippen molar-refractivity contribution < 1.29 is 4.79 Å². The van der Waals surface area contributed by atoms with E-state index in [0.717, 1.165) is 0 Å². The van der Waals surface area contributed by atoms with Gasteiger partial charge in [-0.3, -0.25) is 10.2 Å². The van der Waals surface area contributed by atoms with Gasteiger partial charge in [-0.15, -0.1) is 0 Å². The molecular formula is C10H20N2O. The Hall–Kier alpha value is -0.570. The minimum absolute atomic E-state index is 0.126. The molecule has 3 heteroatoms. The average Bonchev–Trinajstić information content (AvgIpc) is 2.11. The van der Waals surface area contributed by atoms with Gasteiger partial charge in [0, 0.05) is 18.5 Å². The molecule has 3 nitrogen and oxygen atoms in total. The van der Waals surface area contributed by atoms with Gasteiger partial charge in [0.25, 0.3) is 0 Å². The highest BCUT2D eigenvalue weighted by Gasteiger charge is 2.25. The number of hydrogen-bond acceptors (Lipinski definition) is 2. The van der Waals surface area contributed by atoms with Crippen molar-refractivity contribution >= 4 is 5.91 Å². The van der Waals surface area contributed by atoms with Crippen LogP contribution in [0.5, 0.6) is 0 Å². The predicted molar refractivity (Wildman–Crippen MR) is 53.0 cm³/mol. The number of amides is 1. The fourth-order valence-electron chi connectivity index (χ4n) is 1.86. The summed E-state index contributed by atoms with van der Waals surface area (Å²) in [5.74, 6) is 0.126. The third-order valence-corrected chi connectivity index (χ3v) is 2.77. The van der Waals surface area contributed by atoms with Crippen LogP contribution in [0.2, 0.25) is 0 Å². The molecule has 2 atom stereocenters. The van der Waals surface area contributed by atoms with Gasteiger partial charge >= 0.3 is 0 Å². The Labute approximate surface area is 80.5 Å². The van der Waals surface area contributed by atoms with Crippen LogP contribution in [0.1, 0.15) is 46.5 Å². The van der Waals surface area contributed by atoms with E-state index in [1.165, 1.54) is 19.3 Å². The molecular weight excluding hydrogens is 164 g/mol. The van der Waals surface area contributed by atoms with E-state index in [1.54, 1.807) is 0 Å². The summed E-state index contributed by atoms with van der Waals surface area (Å²) in [5.41, 5.74) is 2.96. The summed E-state index contributed by atoms with van der Waals surface area (Å²) in [6.45, 7) is 6.23. The molecule has 1 amide bonds. The van der Waals surface area contributed by atoms with Crippen LogP contribution in [0.4, 0.5) is 0 Å². The molecule has 1 aliphatic heterocycles. The highest BCUT2D eigenvalue weighted by atomic mass is 16.2. The van der Waals surface area contributed by atoms with Crippen molar-refractivity contribution in [3.05, 3.63) is 0 Å². The molecule has 1 N–H and O–H groups in total. The molecule has 76 valence electrons. The molecule has 0 bridgehead atoms. The van der Waals surface area contributed by atoms with E-state index in [2.05, 4.69) is 24.3 Å². The van der Waals surface area contributed by atoms with E-state index >= 15 is 0 Å². The summed E-state index contributed by atoms with van der Waals surface area (Å²) < 4.78 is 0. The SMILES string of the molecule is CCC(=O)NN1C(C)CCCC1C. The zero-order valence-electron chi connectivity index (χ0n) is 8.84. The maximum Gasteiger partial charge on any atom is 0.234 e. The van der Waals surface area contributed by atoms with Gasteiger partial charge in [0.15, 0.2) is 0 Å². The highest BCUT2D eigenvalue weighted by molar-refractivity contribution is 5.74. The number of carbonyl (C=O) groups is 1. The van der Waals surface area contributed by atoms with Gasteiger partial charge in [-0.25, -0.2) is 5.01 Å². The van der Waals surface area contributed by atoms with Crippen molar-refractivity contribution in [3.8, 4) is 0 Å². The lowest BCUT2D eigenvalue weighted by atomic mass is 10.00. The summed E-state index contributed by atoms with van der Waals surface area (Å²) in [7, 11) is 0. The second-order valence-electron chi connectivity index (χ2n) is 3.92. The largest absolute Gasteiger partial charge is 0.288 e. The van der Waals surface area contributed by atoms with Crippen LogP contribution >= 0.6 is 0 Å². The molecule has 0 aromatic rings. The number of hydrogen-bond donors (Lipinski definition) is 1. The Morgan fingerprint density at radius 1 is 1.38 bits per heavy atom. The Kier molecular flexibility index (Phi) is 3.72. The zero-order chi connectivity index (χ0) is 9.84. The summed E-state index contributed by atoms with van der Waals surface area (Å²) in [6, 6.07) is 0.971. The fraction of sp³-hybridized carbons (Fsp3) is 0.900. The highest BCUT2D eigenvalue weighted by Crippen LogP contribution is 2.20. The van der Waals surface area contributed by atoms with Gasteiger partial charge < -0.3 is 0 Å². The van der Waals surface area contributed by atoms with E-state index in [-0.39, 0.29) is 5.91 Å². The normalized spacial score (nSPS) is 30.1. The topological polar surface area (TPSA) is 32.3 Å². The first-order valence-electron chi connectivity index (χ1n) is 5.23. The third kappa shape index (κ3) is 2.69. The smallest absolute Gasteiger partial charge is 0.234 e. The van der Waals surface area contributed by atoms with Gasteiger partial charge in [-0.2, -0.15) is 0 Å². The second-order valence-corrected chi connectivity index (χ2v) is 3.92. The summed E-state index contributed by atoms with van der Waals surface area (Å²) in [5, 5.41) is 2.11. The number of rotatable bonds is 2. The Balaban J connectivity index is 2.48. The lowest BCUT2D eigenvalue weighted by Gasteiger charge is -2.38. The lowest BCUT2D eigenvalue weighted by molar-refractivity contribution is -0.128. The van der Waals surface area contributed by atoms with E-state index < -0.39 is 0 Å². The average molecular weight is 184 g/mol.